The summed E-state index contributed by atoms with van der Waals surface area (Å²) < 4.78 is 0. The molecule has 2 heteroatoms. The lowest BCUT2D eigenvalue weighted by Gasteiger charge is -2.31. The minimum atomic E-state index is 1.08. The molecule has 0 unspecified atom stereocenters. The van der Waals surface area contributed by atoms with Gasteiger partial charge in [0.25, 0.3) is 0 Å². The second-order valence-corrected chi connectivity index (χ2v) is 10.0. The molecule has 0 amide bonds. The molecule has 0 saturated carbocycles. The molecule has 2 aliphatic heterocycles. The third kappa shape index (κ3) is 2.48. The first kappa shape index (κ1) is 18.8. The van der Waals surface area contributed by atoms with Gasteiger partial charge in [-0.25, -0.2) is 0 Å². The van der Waals surface area contributed by atoms with E-state index in [4.69, 9.17) is 0 Å². The van der Waals surface area contributed by atoms with Crippen molar-refractivity contribution in [2.24, 2.45) is 0 Å². The van der Waals surface area contributed by atoms with E-state index in [2.05, 4.69) is 72.2 Å². The molecule has 2 nitrogen and oxygen atoms in total. The average molecular weight is 419 g/mol. The van der Waals surface area contributed by atoms with Gasteiger partial charge in [0.15, 0.2) is 0 Å². The monoisotopic (exact) mass is 418 g/mol. The van der Waals surface area contributed by atoms with Crippen LogP contribution in [0.3, 0.4) is 0 Å². The molecular weight excluding hydrogens is 388 g/mol. The van der Waals surface area contributed by atoms with Gasteiger partial charge in [0.1, 0.15) is 0 Å². The van der Waals surface area contributed by atoms with Gasteiger partial charge in [0, 0.05) is 26.2 Å². The van der Waals surface area contributed by atoms with Gasteiger partial charge in [-0.15, -0.1) is 0 Å². The number of nitrogens with zero attached hydrogens (tertiary/aromatic N) is 2. The summed E-state index contributed by atoms with van der Waals surface area (Å²) in [5, 5.41) is 11.8. The Morgan fingerprint density at radius 2 is 0.781 bits per heavy atom. The first-order valence-electron chi connectivity index (χ1n) is 12.4. The van der Waals surface area contributed by atoms with E-state index in [1.54, 1.807) is 0 Å². The molecule has 2 heterocycles. The number of benzene rings is 5. The number of hydrogen-bond donors (Lipinski definition) is 0. The molecule has 5 aromatic carbocycles. The van der Waals surface area contributed by atoms with Crippen molar-refractivity contribution >= 4 is 43.1 Å². The summed E-state index contributed by atoms with van der Waals surface area (Å²) in [4.78, 5) is 5.20. The zero-order valence-electron chi connectivity index (χ0n) is 19.2. The van der Waals surface area contributed by atoms with Gasteiger partial charge in [-0.2, -0.15) is 0 Å². The van der Waals surface area contributed by atoms with Crippen LogP contribution in [0.1, 0.15) is 48.9 Å². The van der Waals surface area contributed by atoms with Crippen molar-refractivity contribution in [1.29, 1.82) is 0 Å². The minimum absolute atomic E-state index is 1.08. The van der Waals surface area contributed by atoms with E-state index < -0.39 is 0 Å². The Kier molecular flexibility index (Phi) is 4.07. The normalized spacial score (nSPS) is 16.8. The second kappa shape index (κ2) is 6.91. The SMILES string of the molecule is CCCN1Cc2ccc3c4ccc5c6c(ccc(c7ccc(c2c37)C1)c64)CN(CCC)C5. The summed E-state index contributed by atoms with van der Waals surface area (Å²) in [6, 6.07) is 19.3. The molecule has 0 aliphatic carbocycles. The topological polar surface area (TPSA) is 6.48 Å². The summed E-state index contributed by atoms with van der Waals surface area (Å²) in [6.07, 6.45) is 2.43. The number of hydrogen-bond acceptors (Lipinski definition) is 2. The van der Waals surface area contributed by atoms with Crippen molar-refractivity contribution in [1.82, 2.24) is 9.80 Å². The van der Waals surface area contributed by atoms with Gasteiger partial charge in [-0.3, -0.25) is 9.80 Å². The molecule has 0 saturated heterocycles. The molecule has 0 bridgehead atoms. The molecule has 7 rings (SSSR count). The van der Waals surface area contributed by atoms with E-state index >= 15 is 0 Å². The third-order valence-electron chi connectivity index (χ3n) is 7.90. The van der Waals surface area contributed by atoms with E-state index in [1.165, 1.54) is 91.3 Å². The van der Waals surface area contributed by atoms with Crippen molar-refractivity contribution in [2.45, 2.75) is 52.9 Å². The lowest BCUT2D eigenvalue weighted by atomic mass is 9.83. The highest BCUT2D eigenvalue weighted by molar-refractivity contribution is 6.34. The molecule has 32 heavy (non-hydrogen) atoms. The van der Waals surface area contributed by atoms with Gasteiger partial charge in [-0.1, -0.05) is 62.4 Å². The fourth-order valence-corrected chi connectivity index (χ4v) is 6.73. The molecule has 0 radical (unpaired) electrons. The molecule has 0 N–H and O–H groups in total. The Morgan fingerprint density at radius 3 is 1.06 bits per heavy atom. The van der Waals surface area contributed by atoms with Crippen molar-refractivity contribution < 1.29 is 0 Å². The largest absolute Gasteiger partial charge is 0.295 e. The van der Waals surface area contributed by atoms with E-state index in [9.17, 15) is 0 Å². The van der Waals surface area contributed by atoms with Crippen LogP contribution in [0.25, 0.3) is 43.1 Å². The fraction of sp³-hybridized carbons (Fsp3) is 0.333. The molecule has 0 aromatic heterocycles. The van der Waals surface area contributed by atoms with Crippen LogP contribution in [-0.4, -0.2) is 22.9 Å². The molecule has 0 fully saturated rings. The summed E-state index contributed by atoms with van der Waals surface area (Å²) in [7, 11) is 0. The zero-order valence-corrected chi connectivity index (χ0v) is 19.2. The Bertz CT molecular complexity index is 1300. The molecule has 160 valence electrons. The lowest BCUT2D eigenvalue weighted by Crippen LogP contribution is -2.27. The Hall–Kier alpha value is -2.68. The van der Waals surface area contributed by atoms with Crippen LogP contribution in [0, 0.1) is 0 Å². The quantitative estimate of drug-likeness (QED) is 0.225. The Balaban J connectivity index is 1.55. The maximum absolute atomic E-state index is 2.60. The van der Waals surface area contributed by atoms with Crippen molar-refractivity contribution in [2.75, 3.05) is 13.1 Å². The standard InChI is InChI=1S/C30H30N2/c1-3-13-31-15-19-5-9-23-25-11-7-21-17-32(14-4-2)18-22-8-12-26(30(25)28(21)22)24-10-6-20(16-31)27(19)29(23)24/h5-12H,3-4,13-18H2,1-2H3. The van der Waals surface area contributed by atoms with Gasteiger partial charge >= 0.3 is 0 Å². The zero-order chi connectivity index (χ0) is 21.4. The second-order valence-electron chi connectivity index (χ2n) is 10.0. The van der Waals surface area contributed by atoms with E-state index in [1.807, 2.05) is 0 Å². The predicted molar refractivity (Wildman–Crippen MR) is 136 cm³/mol. The highest BCUT2D eigenvalue weighted by Crippen LogP contribution is 2.46. The Morgan fingerprint density at radius 1 is 0.469 bits per heavy atom. The summed E-state index contributed by atoms with van der Waals surface area (Å²) in [6.45, 7) is 11.2. The fourth-order valence-electron chi connectivity index (χ4n) is 6.73. The van der Waals surface area contributed by atoms with Gasteiger partial charge in [0.05, 0.1) is 0 Å². The smallest absolute Gasteiger partial charge is 0.0243 e. The first-order valence-corrected chi connectivity index (χ1v) is 12.4. The molecule has 0 spiro atoms. The maximum Gasteiger partial charge on any atom is 0.0243 e. The van der Waals surface area contributed by atoms with Crippen LogP contribution in [0.15, 0.2) is 48.5 Å². The maximum atomic E-state index is 2.60. The van der Waals surface area contributed by atoms with E-state index in [0.29, 0.717) is 0 Å². The van der Waals surface area contributed by atoms with Crippen molar-refractivity contribution in [3.63, 3.8) is 0 Å². The van der Waals surface area contributed by atoms with Crippen LogP contribution in [-0.2, 0) is 26.2 Å². The van der Waals surface area contributed by atoms with Gasteiger partial charge < -0.3 is 0 Å². The number of fused-ring (bicyclic) bond motifs is 2. The Labute approximate surface area is 189 Å². The molecule has 2 aliphatic rings. The van der Waals surface area contributed by atoms with E-state index in [0.717, 1.165) is 26.2 Å². The van der Waals surface area contributed by atoms with Gasteiger partial charge in [-0.05, 0) is 91.3 Å². The highest BCUT2D eigenvalue weighted by Gasteiger charge is 2.25. The van der Waals surface area contributed by atoms with Crippen LogP contribution in [0.5, 0.6) is 0 Å². The summed E-state index contributed by atoms with van der Waals surface area (Å²) in [5.41, 5.74) is 6.02. The average Bonchev–Trinajstić information content (AvgIpc) is 2.81. The van der Waals surface area contributed by atoms with Crippen LogP contribution < -0.4 is 0 Å². The third-order valence-corrected chi connectivity index (χ3v) is 7.90. The first-order chi connectivity index (χ1) is 15.8. The van der Waals surface area contributed by atoms with Gasteiger partial charge in [0.2, 0.25) is 0 Å². The summed E-state index contributed by atoms with van der Waals surface area (Å²) >= 11 is 0. The van der Waals surface area contributed by atoms with Crippen molar-refractivity contribution in [3.8, 4) is 0 Å². The number of rotatable bonds is 4. The predicted octanol–water partition coefficient (Wildman–Crippen LogP) is 7.19. The molecule has 5 aromatic rings. The molecule has 0 atom stereocenters. The van der Waals surface area contributed by atoms with Crippen LogP contribution >= 0.6 is 0 Å². The lowest BCUT2D eigenvalue weighted by molar-refractivity contribution is 0.253. The van der Waals surface area contributed by atoms with Crippen molar-refractivity contribution in [3.05, 3.63) is 70.8 Å². The summed E-state index contributed by atoms with van der Waals surface area (Å²) in [5.74, 6) is 0. The van der Waals surface area contributed by atoms with E-state index in [-0.39, 0.29) is 0 Å². The minimum Gasteiger partial charge on any atom is -0.295 e. The van der Waals surface area contributed by atoms with Crippen LogP contribution in [0.4, 0.5) is 0 Å². The molecular formula is C30H30N2. The highest BCUT2D eigenvalue weighted by atomic mass is 15.1. The van der Waals surface area contributed by atoms with Crippen LogP contribution in [0.2, 0.25) is 0 Å².